The molecular formula is C18H24ClN3O2. The summed E-state index contributed by atoms with van der Waals surface area (Å²) in [4.78, 5) is 6.68. The fourth-order valence-electron chi connectivity index (χ4n) is 3.10. The molecular weight excluding hydrogens is 326 g/mol. The minimum Gasteiger partial charge on any atom is -0.388 e. The summed E-state index contributed by atoms with van der Waals surface area (Å²) in [6, 6.07) is 7.75. The number of nitrogens with zero attached hydrogens (tertiary/aromatic N) is 2. The van der Waals surface area contributed by atoms with E-state index in [0.717, 1.165) is 42.8 Å². The Hall–Kier alpha value is -1.24. The molecule has 24 heavy (non-hydrogen) atoms. The van der Waals surface area contributed by atoms with Crippen molar-refractivity contribution in [3.05, 3.63) is 41.0 Å². The average molecular weight is 350 g/mol. The molecule has 1 unspecified atom stereocenters. The molecule has 1 atom stereocenters. The number of pyridine rings is 1. The van der Waals surface area contributed by atoms with Crippen LogP contribution in [0.1, 0.15) is 12.5 Å². The molecule has 0 aliphatic carbocycles. The molecule has 1 fully saturated rings. The molecule has 1 aliphatic heterocycles. The maximum absolute atomic E-state index is 10.6. The summed E-state index contributed by atoms with van der Waals surface area (Å²) in [5, 5.41) is 15.6. The number of rotatable bonds is 6. The molecule has 2 heterocycles. The predicted molar refractivity (Wildman–Crippen MR) is 96.3 cm³/mol. The smallest absolute Gasteiger partial charge is 0.0869 e. The van der Waals surface area contributed by atoms with Crippen LogP contribution in [0.5, 0.6) is 0 Å². The predicted octanol–water partition coefficient (Wildman–Crippen LogP) is 2.06. The number of halogens is 1. The van der Waals surface area contributed by atoms with E-state index in [1.165, 1.54) is 0 Å². The number of morpholine rings is 1. The summed E-state index contributed by atoms with van der Waals surface area (Å²) in [5.74, 6) is 0. The first-order valence-corrected chi connectivity index (χ1v) is 8.68. The van der Waals surface area contributed by atoms with Gasteiger partial charge in [-0.15, -0.1) is 0 Å². The van der Waals surface area contributed by atoms with E-state index in [4.69, 9.17) is 16.3 Å². The zero-order chi connectivity index (χ0) is 17.0. The van der Waals surface area contributed by atoms with E-state index in [0.29, 0.717) is 24.7 Å². The van der Waals surface area contributed by atoms with E-state index >= 15 is 0 Å². The number of ether oxygens (including phenoxy) is 1. The Labute approximate surface area is 147 Å². The summed E-state index contributed by atoms with van der Waals surface area (Å²) < 4.78 is 5.35. The molecule has 1 aromatic heterocycles. The molecule has 1 aliphatic rings. The van der Waals surface area contributed by atoms with Crippen LogP contribution in [0.3, 0.4) is 0 Å². The number of nitrogens with one attached hydrogen (secondary N) is 1. The van der Waals surface area contributed by atoms with E-state index < -0.39 is 5.60 Å². The summed E-state index contributed by atoms with van der Waals surface area (Å²) in [6.45, 7) is 6.91. The van der Waals surface area contributed by atoms with Crippen LogP contribution in [0.4, 0.5) is 0 Å². The average Bonchev–Trinajstić information content (AvgIpc) is 2.58. The molecule has 1 saturated heterocycles. The van der Waals surface area contributed by atoms with Gasteiger partial charge in [-0.3, -0.25) is 9.88 Å². The van der Waals surface area contributed by atoms with Gasteiger partial charge in [-0.2, -0.15) is 0 Å². The van der Waals surface area contributed by atoms with Crippen LogP contribution in [0.15, 0.2) is 30.5 Å². The molecule has 1 aromatic carbocycles. The van der Waals surface area contributed by atoms with Gasteiger partial charge in [0.2, 0.25) is 0 Å². The second-order valence-electron chi connectivity index (χ2n) is 6.60. The van der Waals surface area contributed by atoms with E-state index in [1.54, 1.807) is 6.20 Å². The molecule has 5 nitrogen and oxygen atoms in total. The number of fused-ring (bicyclic) bond motifs is 1. The largest absolute Gasteiger partial charge is 0.388 e. The molecule has 0 radical (unpaired) electrons. The Kier molecular flexibility index (Phi) is 5.69. The highest BCUT2D eigenvalue weighted by atomic mass is 35.5. The highest BCUT2D eigenvalue weighted by molar-refractivity contribution is 6.35. The first-order chi connectivity index (χ1) is 11.6. The molecule has 6 heteroatoms. The van der Waals surface area contributed by atoms with Crippen molar-refractivity contribution >= 4 is 22.5 Å². The van der Waals surface area contributed by atoms with Crippen molar-refractivity contribution < 1.29 is 9.84 Å². The molecule has 0 bridgehead atoms. The zero-order valence-corrected chi connectivity index (χ0v) is 14.7. The minimum atomic E-state index is -0.785. The van der Waals surface area contributed by atoms with Gasteiger partial charge in [0.1, 0.15) is 0 Å². The first-order valence-electron chi connectivity index (χ1n) is 8.30. The second-order valence-corrected chi connectivity index (χ2v) is 7.00. The third-order valence-corrected chi connectivity index (χ3v) is 4.62. The lowest BCUT2D eigenvalue weighted by atomic mass is 10.1. The van der Waals surface area contributed by atoms with Crippen LogP contribution in [-0.4, -0.2) is 60.0 Å². The Morgan fingerprint density at radius 1 is 1.33 bits per heavy atom. The van der Waals surface area contributed by atoms with E-state index in [1.807, 2.05) is 31.2 Å². The van der Waals surface area contributed by atoms with Crippen molar-refractivity contribution in [2.45, 2.75) is 19.1 Å². The molecule has 0 amide bonds. The third kappa shape index (κ3) is 4.43. The standard InChI is InChI=1S/C18H24ClN3O2/c1-18(23,13-22-7-9-24-10-8-22)12-20-11-14-4-5-16(19)15-3-2-6-21-17(14)15/h2-6,20,23H,7-13H2,1H3. The monoisotopic (exact) mass is 349 g/mol. The lowest BCUT2D eigenvalue weighted by Gasteiger charge is -2.34. The van der Waals surface area contributed by atoms with Gasteiger partial charge in [0.25, 0.3) is 0 Å². The number of benzene rings is 1. The summed E-state index contributed by atoms with van der Waals surface area (Å²) in [7, 11) is 0. The Balaban J connectivity index is 1.59. The zero-order valence-electron chi connectivity index (χ0n) is 14.0. The quantitative estimate of drug-likeness (QED) is 0.836. The summed E-state index contributed by atoms with van der Waals surface area (Å²) >= 11 is 6.23. The van der Waals surface area contributed by atoms with Crippen molar-refractivity contribution in [1.82, 2.24) is 15.2 Å². The topological polar surface area (TPSA) is 57.6 Å². The van der Waals surface area contributed by atoms with Gasteiger partial charge in [0, 0.05) is 49.3 Å². The lowest BCUT2D eigenvalue weighted by Crippen LogP contribution is -2.50. The molecule has 2 N–H and O–H groups in total. The molecule has 2 aromatic rings. The fraction of sp³-hybridized carbons (Fsp3) is 0.500. The van der Waals surface area contributed by atoms with E-state index in [-0.39, 0.29) is 0 Å². The van der Waals surface area contributed by atoms with Crippen molar-refractivity contribution in [3.63, 3.8) is 0 Å². The molecule has 3 rings (SSSR count). The van der Waals surface area contributed by atoms with Crippen molar-refractivity contribution in [3.8, 4) is 0 Å². The molecule has 0 spiro atoms. The van der Waals surface area contributed by atoms with Gasteiger partial charge in [-0.25, -0.2) is 0 Å². The SMILES string of the molecule is CC(O)(CNCc1ccc(Cl)c2cccnc12)CN1CCOCC1. The van der Waals surface area contributed by atoms with Gasteiger partial charge in [0.05, 0.1) is 24.3 Å². The normalized spacial score (nSPS) is 18.6. The van der Waals surface area contributed by atoms with Gasteiger partial charge >= 0.3 is 0 Å². The lowest BCUT2D eigenvalue weighted by molar-refractivity contribution is -0.0219. The summed E-state index contributed by atoms with van der Waals surface area (Å²) in [6.07, 6.45) is 1.77. The first kappa shape index (κ1) is 17.6. The molecule has 0 saturated carbocycles. The summed E-state index contributed by atoms with van der Waals surface area (Å²) in [5.41, 5.74) is 1.20. The number of β-amino-alcohol motifs (C(OH)–C–C–N with tert-alkyl or cyclic N) is 1. The van der Waals surface area contributed by atoms with Gasteiger partial charge in [-0.1, -0.05) is 17.7 Å². The fourth-order valence-corrected chi connectivity index (χ4v) is 3.32. The van der Waals surface area contributed by atoms with Crippen LogP contribution < -0.4 is 5.32 Å². The number of hydrogen-bond donors (Lipinski definition) is 2. The minimum absolute atomic E-state index is 0.515. The van der Waals surface area contributed by atoms with E-state index in [2.05, 4.69) is 15.2 Å². The third-order valence-electron chi connectivity index (χ3n) is 4.29. The maximum Gasteiger partial charge on any atom is 0.0869 e. The van der Waals surface area contributed by atoms with Crippen LogP contribution in [0.25, 0.3) is 10.9 Å². The number of hydrogen-bond acceptors (Lipinski definition) is 5. The Bertz CT molecular complexity index is 687. The van der Waals surface area contributed by atoms with Gasteiger partial charge < -0.3 is 15.2 Å². The molecule has 130 valence electrons. The van der Waals surface area contributed by atoms with Crippen LogP contribution in [-0.2, 0) is 11.3 Å². The second kappa shape index (κ2) is 7.76. The van der Waals surface area contributed by atoms with Crippen LogP contribution >= 0.6 is 11.6 Å². The van der Waals surface area contributed by atoms with Crippen LogP contribution in [0.2, 0.25) is 5.02 Å². The number of aliphatic hydroxyl groups is 1. The van der Waals surface area contributed by atoms with Crippen LogP contribution in [0, 0.1) is 0 Å². The maximum atomic E-state index is 10.6. The Morgan fingerprint density at radius 3 is 2.92 bits per heavy atom. The highest BCUT2D eigenvalue weighted by Gasteiger charge is 2.24. The van der Waals surface area contributed by atoms with E-state index in [9.17, 15) is 5.11 Å². The van der Waals surface area contributed by atoms with Gasteiger partial charge in [-0.05, 0) is 30.7 Å². The van der Waals surface area contributed by atoms with Crippen molar-refractivity contribution in [2.24, 2.45) is 0 Å². The Morgan fingerprint density at radius 2 is 2.12 bits per heavy atom. The van der Waals surface area contributed by atoms with Gasteiger partial charge in [0.15, 0.2) is 0 Å². The van der Waals surface area contributed by atoms with Crippen molar-refractivity contribution in [2.75, 3.05) is 39.4 Å². The highest BCUT2D eigenvalue weighted by Crippen LogP contribution is 2.24. The van der Waals surface area contributed by atoms with Crippen molar-refractivity contribution in [1.29, 1.82) is 0 Å². The number of aromatic nitrogens is 1.